The zero-order chi connectivity index (χ0) is 18.2. The van der Waals surface area contributed by atoms with Crippen LogP contribution in [0.25, 0.3) is 0 Å². The summed E-state index contributed by atoms with van der Waals surface area (Å²) in [5.74, 6) is 0.106. The highest BCUT2D eigenvalue weighted by Gasteiger charge is 2.20. The number of methoxy groups -OCH3 is 1. The molecule has 0 aliphatic heterocycles. The third-order valence-corrected chi connectivity index (χ3v) is 4.64. The Balaban J connectivity index is 1.96. The summed E-state index contributed by atoms with van der Waals surface area (Å²) in [4.78, 5) is 22.8. The quantitative estimate of drug-likeness (QED) is 0.604. The van der Waals surface area contributed by atoms with Crippen molar-refractivity contribution in [3.05, 3.63) is 28.3 Å². The fourth-order valence-electron chi connectivity index (χ4n) is 3.19. The first-order valence-electron chi connectivity index (χ1n) is 8.90. The van der Waals surface area contributed by atoms with Gasteiger partial charge in [-0.15, -0.1) is 0 Å². The number of nitro groups is 1. The predicted octanol–water partition coefficient (Wildman–Crippen LogP) is 3.63. The van der Waals surface area contributed by atoms with E-state index in [1.165, 1.54) is 57.4 Å². The summed E-state index contributed by atoms with van der Waals surface area (Å²) < 4.78 is 5.16. The van der Waals surface area contributed by atoms with Crippen LogP contribution >= 0.6 is 0 Å². The van der Waals surface area contributed by atoms with Crippen molar-refractivity contribution in [3.8, 4) is 5.75 Å². The Hall–Kier alpha value is -2.15. The first-order chi connectivity index (χ1) is 12.0. The maximum absolute atomic E-state index is 12.5. The number of non-ortho nitro benzene ring substituents is 1. The van der Waals surface area contributed by atoms with Gasteiger partial charge in [0.1, 0.15) is 5.75 Å². The number of carbonyl (C=O) groups excluding carboxylic acids is 1. The van der Waals surface area contributed by atoms with Crippen LogP contribution in [0.5, 0.6) is 5.75 Å². The zero-order valence-corrected chi connectivity index (χ0v) is 14.9. The standard InChI is InChI=1S/C18H27N3O4/c1-13(19-14-8-6-4-3-5-7-9-14)18(22)20-16-11-10-15(21(23)24)12-17(16)25-2/h10-14,19H,3-9H2,1-2H3,(H,20,22)/t13-/m0/s1. The van der Waals surface area contributed by atoms with Crippen molar-refractivity contribution in [1.82, 2.24) is 5.32 Å². The topological polar surface area (TPSA) is 93.5 Å². The van der Waals surface area contributed by atoms with E-state index in [0.29, 0.717) is 11.7 Å². The van der Waals surface area contributed by atoms with Crippen LogP contribution in [0, 0.1) is 10.1 Å². The van der Waals surface area contributed by atoms with Gasteiger partial charge in [-0.1, -0.05) is 32.1 Å². The van der Waals surface area contributed by atoms with Gasteiger partial charge in [-0.3, -0.25) is 14.9 Å². The Kier molecular flexibility index (Phi) is 7.18. The van der Waals surface area contributed by atoms with Crippen molar-refractivity contribution in [3.63, 3.8) is 0 Å². The lowest BCUT2D eigenvalue weighted by molar-refractivity contribution is -0.384. The van der Waals surface area contributed by atoms with E-state index < -0.39 is 4.92 Å². The SMILES string of the molecule is COc1cc([N+](=O)[O-])ccc1NC(=O)[C@H](C)NC1CCCCCCC1. The Bertz CT molecular complexity index is 598. The molecule has 7 nitrogen and oxygen atoms in total. The number of anilines is 1. The lowest BCUT2D eigenvalue weighted by Crippen LogP contribution is -2.44. The number of benzene rings is 1. The van der Waals surface area contributed by atoms with Crippen LogP contribution in [0.1, 0.15) is 51.9 Å². The van der Waals surface area contributed by atoms with Gasteiger partial charge in [0.2, 0.25) is 5.91 Å². The number of hydrogen-bond acceptors (Lipinski definition) is 5. The van der Waals surface area contributed by atoms with E-state index >= 15 is 0 Å². The second-order valence-electron chi connectivity index (χ2n) is 6.56. The molecule has 7 heteroatoms. The van der Waals surface area contributed by atoms with Crippen LogP contribution in [0.15, 0.2) is 18.2 Å². The van der Waals surface area contributed by atoms with Crippen LogP contribution in [0.4, 0.5) is 11.4 Å². The molecule has 1 amide bonds. The normalized spacial score (nSPS) is 17.2. The van der Waals surface area contributed by atoms with Gasteiger partial charge in [0.15, 0.2) is 0 Å². The van der Waals surface area contributed by atoms with Gasteiger partial charge in [0.05, 0.1) is 29.8 Å². The maximum atomic E-state index is 12.5. The summed E-state index contributed by atoms with van der Waals surface area (Å²) in [6.45, 7) is 1.84. The molecule has 1 atom stereocenters. The molecule has 0 bridgehead atoms. The molecule has 0 heterocycles. The number of amides is 1. The molecule has 2 N–H and O–H groups in total. The Morgan fingerprint density at radius 2 is 1.88 bits per heavy atom. The molecule has 1 aliphatic rings. The zero-order valence-electron chi connectivity index (χ0n) is 14.9. The monoisotopic (exact) mass is 349 g/mol. The minimum Gasteiger partial charge on any atom is -0.494 e. The number of nitro benzene ring substituents is 1. The molecular weight excluding hydrogens is 322 g/mol. The van der Waals surface area contributed by atoms with E-state index in [4.69, 9.17) is 4.74 Å². The maximum Gasteiger partial charge on any atom is 0.273 e. The van der Waals surface area contributed by atoms with Gasteiger partial charge in [-0.05, 0) is 25.8 Å². The Morgan fingerprint density at radius 1 is 1.24 bits per heavy atom. The molecule has 138 valence electrons. The van der Waals surface area contributed by atoms with E-state index in [0.717, 1.165) is 12.8 Å². The molecule has 1 saturated carbocycles. The van der Waals surface area contributed by atoms with E-state index in [1.807, 2.05) is 6.92 Å². The van der Waals surface area contributed by atoms with E-state index in [1.54, 1.807) is 0 Å². The lowest BCUT2D eigenvalue weighted by atomic mass is 9.96. The largest absolute Gasteiger partial charge is 0.494 e. The number of ether oxygens (including phenoxy) is 1. The number of nitrogens with one attached hydrogen (secondary N) is 2. The van der Waals surface area contributed by atoms with E-state index in [2.05, 4.69) is 10.6 Å². The lowest BCUT2D eigenvalue weighted by Gasteiger charge is -2.24. The summed E-state index contributed by atoms with van der Waals surface area (Å²) in [5, 5.41) is 17.0. The van der Waals surface area contributed by atoms with Crippen LogP contribution in [-0.2, 0) is 4.79 Å². The second kappa shape index (κ2) is 9.36. The molecule has 0 radical (unpaired) electrons. The van der Waals surface area contributed by atoms with E-state index in [-0.39, 0.29) is 23.4 Å². The first kappa shape index (κ1) is 19.2. The third-order valence-electron chi connectivity index (χ3n) is 4.64. The molecular formula is C18H27N3O4. The number of rotatable bonds is 6. The molecule has 25 heavy (non-hydrogen) atoms. The highest BCUT2D eigenvalue weighted by Crippen LogP contribution is 2.29. The number of carbonyl (C=O) groups is 1. The van der Waals surface area contributed by atoms with Gasteiger partial charge in [0, 0.05) is 12.1 Å². The molecule has 0 spiro atoms. The molecule has 1 fully saturated rings. The third kappa shape index (κ3) is 5.70. The number of hydrogen-bond donors (Lipinski definition) is 2. The fraction of sp³-hybridized carbons (Fsp3) is 0.611. The van der Waals surface area contributed by atoms with Gasteiger partial charge >= 0.3 is 0 Å². The van der Waals surface area contributed by atoms with Crippen LogP contribution < -0.4 is 15.4 Å². The van der Waals surface area contributed by atoms with Crippen molar-refractivity contribution < 1.29 is 14.5 Å². The fourth-order valence-corrected chi connectivity index (χ4v) is 3.19. The van der Waals surface area contributed by atoms with Crippen molar-refractivity contribution in [2.24, 2.45) is 0 Å². The summed E-state index contributed by atoms with van der Waals surface area (Å²) in [6, 6.07) is 4.18. The molecule has 1 aromatic rings. The van der Waals surface area contributed by atoms with E-state index in [9.17, 15) is 14.9 Å². The number of nitrogens with zero attached hydrogens (tertiary/aromatic N) is 1. The minimum absolute atomic E-state index is 0.0736. The van der Waals surface area contributed by atoms with Gasteiger partial charge in [0.25, 0.3) is 5.69 Å². The molecule has 1 aromatic carbocycles. The van der Waals surface area contributed by atoms with Gasteiger partial charge in [-0.25, -0.2) is 0 Å². The molecule has 2 rings (SSSR count). The molecule has 0 aromatic heterocycles. The summed E-state index contributed by atoms with van der Waals surface area (Å²) >= 11 is 0. The van der Waals surface area contributed by atoms with Crippen LogP contribution in [-0.4, -0.2) is 30.0 Å². The summed E-state index contributed by atoms with van der Waals surface area (Å²) in [7, 11) is 1.42. The predicted molar refractivity (Wildman–Crippen MR) is 97.0 cm³/mol. The van der Waals surface area contributed by atoms with Crippen LogP contribution in [0.2, 0.25) is 0 Å². The second-order valence-corrected chi connectivity index (χ2v) is 6.56. The average Bonchev–Trinajstić information content (AvgIpc) is 2.57. The molecule has 1 aliphatic carbocycles. The Morgan fingerprint density at radius 3 is 2.48 bits per heavy atom. The first-order valence-corrected chi connectivity index (χ1v) is 8.90. The highest BCUT2D eigenvalue weighted by molar-refractivity contribution is 5.96. The summed E-state index contributed by atoms with van der Waals surface area (Å²) in [6.07, 6.45) is 8.42. The Labute approximate surface area is 148 Å². The summed E-state index contributed by atoms with van der Waals surface area (Å²) in [5.41, 5.74) is 0.361. The molecule has 0 unspecified atom stereocenters. The molecule has 0 saturated heterocycles. The minimum atomic E-state index is -0.493. The van der Waals surface area contributed by atoms with Crippen molar-refractivity contribution >= 4 is 17.3 Å². The average molecular weight is 349 g/mol. The van der Waals surface area contributed by atoms with Crippen LogP contribution in [0.3, 0.4) is 0 Å². The highest BCUT2D eigenvalue weighted by atomic mass is 16.6. The van der Waals surface area contributed by atoms with Crippen molar-refractivity contribution in [2.75, 3.05) is 12.4 Å². The smallest absolute Gasteiger partial charge is 0.273 e. The van der Waals surface area contributed by atoms with Crippen molar-refractivity contribution in [1.29, 1.82) is 0 Å². The van der Waals surface area contributed by atoms with Gasteiger partial charge < -0.3 is 15.4 Å². The van der Waals surface area contributed by atoms with Crippen molar-refractivity contribution in [2.45, 2.75) is 64.0 Å². The van der Waals surface area contributed by atoms with Gasteiger partial charge in [-0.2, -0.15) is 0 Å².